The molecular formula is C11H16N2O4S. The van der Waals surface area contributed by atoms with E-state index in [1.807, 2.05) is 6.07 Å². The Balaban J connectivity index is 2.72. The first-order valence-electron chi connectivity index (χ1n) is 5.41. The number of hydrogen-bond donors (Lipinski definition) is 2. The second kappa shape index (κ2) is 6.36. The summed E-state index contributed by atoms with van der Waals surface area (Å²) in [6.07, 6.45) is -0.0560. The topological polar surface area (TPSA) is 101 Å². The fourth-order valence-electron chi connectivity index (χ4n) is 1.48. The van der Waals surface area contributed by atoms with E-state index in [1.165, 1.54) is 0 Å². The molecule has 18 heavy (non-hydrogen) atoms. The van der Waals surface area contributed by atoms with Crippen LogP contribution in [0.25, 0.3) is 0 Å². The van der Waals surface area contributed by atoms with Crippen LogP contribution in [0.1, 0.15) is 6.42 Å². The van der Waals surface area contributed by atoms with E-state index < -0.39 is 16.0 Å². The van der Waals surface area contributed by atoms with Gasteiger partial charge in [0, 0.05) is 18.8 Å². The Morgan fingerprint density at radius 2 is 1.83 bits per heavy atom. The Morgan fingerprint density at radius 1 is 1.22 bits per heavy atom. The van der Waals surface area contributed by atoms with Crippen LogP contribution in [0.15, 0.2) is 30.3 Å². The Bertz CT molecular complexity index is 487. The number of carboxylic acids is 1. The molecule has 0 atom stereocenters. The van der Waals surface area contributed by atoms with E-state index in [4.69, 9.17) is 10.2 Å². The summed E-state index contributed by atoms with van der Waals surface area (Å²) < 4.78 is 21.9. The third-order valence-electron chi connectivity index (χ3n) is 2.36. The van der Waals surface area contributed by atoms with E-state index >= 15 is 0 Å². The maximum absolute atomic E-state index is 10.9. The number of primary sulfonamides is 1. The molecule has 0 bridgehead atoms. The van der Waals surface area contributed by atoms with Gasteiger partial charge in [0.2, 0.25) is 10.0 Å². The third-order valence-corrected chi connectivity index (χ3v) is 3.11. The average Bonchev–Trinajstić information content (AvgIpc) is 2.28. The van der Waals surface area contributed by atoms with E-state index in [9.17, 15) is 13.2 Å². The molecule has 0 spiro atoms. The van der Waals surface area contributed by atoms with Crippen LogP contribution >= 0.6 is 0 Å². The predicted molar refractivity (Wildman–Crippen MR) is 68.9 cm³/mol. The molecule has 1 rings (SSSR count). The zero-order valence-electron chi connectivity index (χ0n) is 9.82. The number of hydrogen-bond acceptors (Lipinski definition) is 4. The summed E-state index contributed by atoms with van der Waals surface area (Å²) >= 11 is 0. The van der Waals surface area contributed by atoms with Crippen molar-refractivity contribution in [1.82, 2.24) is 0 Å². The maximum atomic E-state index is 10.9. The SMILES string of the molecule is NS(=O)(=O)CCN(CCC(=O)O)c1ccccc1. The molecule has 7 heteroatoms. The molecule has 0 heterocycles. The summed E-state index contributed by atoms with van der Waals surface area (Å²) in [5, 5.41) is 13.6. The fourth-order valence-corrected chi connectivity index (χ4v) is 1.95. The monoisotopic (exact) mass is 272 g/mol. The molecule has 3 N–H and O–H groups in total. The summed E-state index contributed by atoms with van der Waals surface area (Å²) in [5.74, 6) is -1.13. The van der Waals surface area contributed by atoms with Crippen LogP contribution in [0.2, 0.25) is 0 Å². The number of carbonyl (C=O) groups is 1. The standard InChI is InChI=1S/C11H16N2O4S/c12-18(16,17)9-8-13(7-6-11(14)15)10-4-2-1-3-5-10/h1-5H,6-9H2,(H,14,15)(H2,12,16,17). The van der Waals surface area contributed by atoms with Crippen molar-refractivity contribution in [2.45, 2.75) is 6.42 Å². The van der Waals surface area contributed by atoms with Gasteiger partial charge in [-0.1, -0.05) is 18.2 Å². The molecule has 1 aromatic carbocycles. The van der Waals surface area contributed by atoms with Crippen molar-refractivity contribution in [2.75, 3.05) is 23.7 Å². The van der Waals surface area contributed by atoms with Gasteiger partial charge >= 0.3 is 5.97 Å². The Morgan fingerprint density at radius 3 is 2.33 bits per heavy atom. The van der Waals surface area contributed by atoms with E-state index in [1.54, 1.807) is 29.2 Å². The van der Waals surface area contributed by atoms with Gasteiger partial charge in [0.05, 0.1) is 12.2 Å². The maximum Gasteiger partial charge on any atom is 0.305 e. The number of benzene rings is 1. The molecule has 0 saturated heterocycles. The van der Waals surface area contributed by atoms with Crippen LogP contribution < -0.4 is 10.0 Å². The summed E-state index contributed by atoms with van der Waals surface area (Å²) in [4.78, 5) is 12.3. The number of nitrogens with zero attached hydrogens (tertiary/aromatic N) is 1. The van der Waals surface area contributed by atoms with E-state index in [2.05, 4.69) is 0 Å². The van der Waals surface area contributed by atoms with Crippen molar-refractivity contribution in [3.8, 4) is 0 Å². The molecule has 0 saturated carbocycles. The summed E-state index contributed by atoms with van der Waals surface area (Å²) in [7, 11) is -3.55. The van der Waals surface area contributed by atoms with Crippen molar-refractivity contribution < 1.29 is 18.3 Å². The van der Waals surface area contributed by atoms with Gasteiger partial charge in [-0.2, -0.15) is 0 Å². The van der Waals surface area contributed by atoms with Crippen molar-refractivity contribution in [2.24, 2.45) is 5.14 Å². The summed E-state index contributed by atoms with van der Waals surface area (Å²) in [5.41, 5.74) is 0.780. The van der Waals surface area contributed by atoms with Crippen molar-refractivity contribution in [3.63, 3.8) is 0 Å². The van der Waals surface area contributed by atoms with E-state index in [0.29, 0.717) is 0 Å². The quantitative estimate of drug-likeness (QED) is 0.741. The Labute approximate surface area is 106 Å². The molecule has 0 aromatic heterocycles. The number of nitrogens with two attached hydrogens (primary N) is 1. The molecule has 0 aliphatic rings. The first-order chi connectivity index (χ1) is 8.38. The largest absolute Gasteiger partial charge is 0.481 e. The van der Waals surface area contributed by atoms with Crippen molar-refractivity contribution in [1.29, 1.82) is 0 Å². The fraction of sp³-hybridized carbons (Fsp3) is 0.364. The van der Waals surface area contributed by atoms with Gasteiger partial charge in [-0.25, -0.2) is 13.6 Å². The minimum absolute atomic E-state index is 0.0560. The van der Waals surface area contributed by atoms with Crippen LogP contribution in [0.4, 0.5) is 5.69 Å². The molecule has 0 fully saturated rings. The molecule has 6 nitrogen and oxygen atoms in total. The summed E-state index contributed by atoms with van der Waals surface area (Å²) in [6.45, 7) is 0.422. The van der Waals surface area contributed by atoms with Crippen LogP contribution in [-0.2, 0) is 14.8 Å². The number of carboxylic acid groups (broad SMARTS) is 1. The van der Waals surface area contributed by atoms with Gasteiger partial charge in [-0.15, -0.1) is 0 Å². The van der Waals surface area contributed by atoms with E-state index in [0.717, 1.165) is 5.69 Å². The number of rotatable bonds is 7. The highest BCUT2D eigenvalue weighted by Crippen LogP contribution is 2.13. The first-order valence-corrected chi connectivity index (χ1v) is 7.12. The third kappa shape index (κ3) is 5.65. The second-order valence-electron chi connectivity index (χ2n) is 3.83. The lowest BCUT2D eigenvalue weighted by atomic mass is 10.2. The zero-order valence-corrected chi connectivity index (χ0v) is 10.6. The molecule has 1 aromatic rings. The van der Waals surface area contributed by atoms with Crippen LogP contribution in [0, 0.1) is 0 Å². The number of para-hydroxylation sites is 1. The average molecular weight is 272 g/mol. The summed E-state index contributed by atoms with van der Waals surface area (Å²) in [6, 6.07) is 9.04. The number of aliphatic carboxylic acids is 1. The smallest absolute Gasteiger partial charge is 0.305 e. The lowest BCUT2D eigenvalue weighted by molar-refractivity contribution is -0.136. The highest BCUT2D eigenvalue weighted by atomic mass is 32.2. The Hall–Kier alpha value is -1.60. The zero-order chi connectivity index (χ0) is 13.6. The predicted octanol–water partition coefficient (Wildman–Crippen LogP) is 0.256. The van der Waals surface area contributed by atoms with Crippen LogP contribution in [0.5, 0.6) is 0 Å². The van der Waals surface area contributed by atoms with Crippen molar-refractivity contribution >= 4 is 21.7 Å². The van der Waals surface area contributed by atoms with Gasteiger partial charge < -0.3 is 10.0 Å². The van der Waals surface area contributed by atoms with Crippen LogP contribution in [-0.4, -0.2) is 38.3 Å². The number of anilines is 1. The molecule has 0 aliphatic heterocycles. The normalized spacial score (nSPS) is 11.2. The Kier molecular flexibility index (Phi) is 5.11. The van der Waals surface area contributed by atoms with Crippen LogP contribution in [0.3, 0.4) is 0 Å². The molecule has 100 valence electrons. The van der Waals surface area contributed by atoms with Gasteiger partial charge in [-0.3, -0.25) is 4.79 Å². The van der Waals surface area contributed by atoms with Crippen molar-refractivity contribution in [3.05, 3.63) is 30.3 Å². The molecule has 0 unspecified atom stereocenters. The molecule has 0 aliphatic carbocycles. The van der Waals surface area contributed by atoms with Gasteiger partial charge in [0.25, 0.3) is 0 Å². The lowest BCUT2D eigenvalue weighted by Crippen LogP contribution is -2.33. The second-order valence-corrected chi connectivity index (χ2v) is 5.57. The highest BCUT2D eigenvalue weighted by molar-refractivity contribution is 7.89. The molecule has 0 radical (unpaired) electrons. The van der Waals surface area contributed by atoms with Gasteiger partial charge in [0.15, 0.2) is 0 Å². The first kappa shape index (κ1) is 14.5. The minimum atomic E-state index is -3.55. The molecule has 0 amide bonds. The highest BCUT2D eigenvalue weighted by Gasteiger charge is 2.11. The van der Waals surface area contributed by atoms with Gasteiger partial charge in [0.1, 0.15) is 0 Å². The lowest BCUT2D eigenvalue weighted by Gasteiger charge is -2.23. The number of sulfonamides is 1. The molecular weight excluding hydrogens is 256 g/mol. The van der Waals surface area contributed by atoms with E-state index in [-0.39, 0.29) is 25.3 Å². The minimum Gasteiger partial charge on any atom is -0.481 e. The van der Waals surface area contributed by atoms with Gasteiger partial charge in [-0.05, 0) is 12.1 Å².